The molecule has 0 aliphatic heterocycles. The third kappa shape index (κ3) is 5.56. The highest BCUT2D eigenvalue weighted by molar-refractivity contribution is 6.30. The Labute approximate surface area is 159 Å². The Bertz CT molecular complexity index is 737. The van der Waals surface area contributed by atoms with Crippen LogP contribution in [-0.4, -0.2) is 38.2 Å². The van der Waals surface area contributed by atoms with Gasteiger partial charge in [-0.15, -0.1) is 0 Å². The zero-order chi connectivity index (χ0) is 18.9. The van der Waals surface area contributed by atoms with E-state index in [9.17, 15) is 4.79 Å². The molecule has 2 aromatic rings. The minimum atomic E-state index is -0.0932. The van der Waals surface area contributed by atoms with Gasteiger partial charge in [-0.25, -0.2) is 4.79 Å². The second-order valence-electron chi connectivity index (χ2n) is 5.82. The van der Waals surface area contributed by atoms with Gasteiger partial charge in [0.25, 0.3) is 0 Å². The third-order valence-electron chi connectivity index (χ3n) is 4.07. The fraction of sp³-hybridized carbons (Fsp3) is 0.350. The molecular weight excluding hydrogens is 352 g/mol. The largest absolute Gasteiger partial charge is 0.493 e. The molecule has 0 heterocycles. The van der Waals surface area contributed by atoms with Gasteiger partial charge in [0, 0.05) is 24.7 Å². The van der Waals surface area contributed by atoms with E-state index in [2.05, 4.69) is 5.32 Å². The van der Waals surface area contributed by atoms with Crippen LogP contribution in [0, 0.1) is 0 Å². The van der Waals surface area contributed by atoms with Crippen molar-refractivity contribution in [2.75, 3.05) is 27.3 Å². The molecule has 0 aliphatic rings. The highest BCUT2D eigenvalue weighted by Gasteiger charge is 2.13. The Morgan fingerprint density at radius 3 is 2.50 bits per heavy atom. The summed E-state index contributed by atoms with van der Waals surface area (Å²) in [6, 6.07) is 13.2. The summed E-state index contributed by atoms with van der Waals surface area (Å²) in [5.74, 6) is 1.33. The maximum atomic E-state index is 12.4. The first-order chi connectivity index (χ1) is 12.6. The summed E-state index contributed by atoms with van der Waals surface area (Å²) in [6.07, 6.45) is 0.736. The number of hydrogen-bond donors (Lipinski definition) is 1. The summed E-state index contributed by atoms with van der Waals surface area (Å²) < 4.78 is 10.6. The monoisotopic (exact) mass is 376 g/mol. The van der Waals surface area contributed by atoms with Crippen LogP contribution in [0.1, 0.15) is 18.1 Å². The van der Waals surface area contributed by atoms with Crippen LogP contribution in [0.15, 0.2) is 42.5 Å². The molecule has 5 nitrogen and oxygen atoms in total. The highest BCUT2D eigenvalue weighted by atomic mass is 35.5. The smallest absolute Gasteiger partial charge is 0.317 e. The Morgan fingerprint density at radius 2 is 1.85 bits per heavy atom. The van der Waals surface area contributed by atoms with Crippen molar-refractivity contribution in [2.24, 2.45) is 0 Å². The van der Waals surface area contributed by atoms with Gasteiger partial charge in [-0.1, -0.05) is 29.8 Å². The van der Waals surface area contributed by atoms with Crippen LogP contribution in [0.5, 0.6) is 11.5 Å². The fourth-order valence-electron chi connectivity index (χ4n) is 2.64. The molecule has 140 valence electrons. The molecule has 0 spiro atoms. The predicted molar refractivity (Wildman–Crippen MR) is 104 cm³/mol. The number of hydrogen-bond acceptors (Lipinski definition) is 3. The van der Waals surface area contributed by atoms with E-state index in [0.717, 1.165) is 17.5 Å². The molecule has 0 atom stereocenters. The zero-order valence-corrected chi connectivity index (χ0v) is 16.2. The van der Waals surface area contributed by atoms with Crippen LogP contribution in [-0.2, 0) is 13.0 Å². The summed E-state index contributed by atoms with van der Waals surface area (Å²) in [6.45, 7) is 3.62. The van der Waals surface area contributed by atoms with Gasteiger partial charge < -0.3 is 19.7 Å². The molecule has 2 amide bonds. The Morgan fingerprint density at radius 1 is 1.08 bits per heavy atom. The lowest BCUT2D eigenvalue weighted by Crippen LogP contribution is -2.40. The van der Waals surface area contributed by atoms with Crippen molar-refractivity contribution in [3.63, 3.8) is 0 Å². The van der Waals surface area contributed by atoms with E-state index >= 15 is 0 Å². The molecule has 2 aromatic carbocycles. The summed E-state index contributed by atoms with van der Waals surface area (Å²) in [7, 11) is 3.20. The van der Waals surface area contributed by atoms with Gasteiger partial charge in [0.2, 0.25) is 0 Å². The third-order valence-corrected chi connectivity index (χ3v) is 4.30. The van der Waals surface area contributed by atoms with E-state index in [0.29, 0.717) is 36.2 Å². The number of benzene rings is 2. The molecule has 0 bridgehead atoms. The average Bonchev–Trinajstić information content (AvgIpc) is 2.65. The topological polar surface area (TPSA) is 50.8 Å². The number of nitrogens with one attached hydrogen (secondary N) is 1. The van der Waals surface area contributed by atoms with Gasteiger partial charge in [0.05, 0.1) is 14.2 Å². The summed E-state index contributed by atoms with van der Waals surface area (Å²) >= 11 is 5.98. The molecule has 0 saturated carbocycles. The maximum absolute atomic E-state index is 12.4. The van der Waals surface area contributed by atoms with Crippen LogP contribution in [0.25, 0.3) is 0 Å². The lowest BCUT2D eigenvalue weighted by Gasteiger charge is -2.22. The van der Waals surface area contributed by atoms with Crippen molar-refractivity contribution in [3.05, 3.63) is 58.6 Å². The van der Waals surface area contributed by atoms with Crippen molar-refractivity contribution in [1.82, 2.24) is 10.2 Å². The molecule has 2 rings (SSSR count). The van der Waals surface area contributed by atoms with E-state index < -0.39 is 0 Å². The van der Waals surface area contributed by atoms with E-state index in [-0.39, 0.29) is 6.03 Å². The predicted octanol–water partition coefficient (Wildman–Crippen LogP) is 4.13. The highest BCUT2D eigenvalue weighted by Crippen LogP contribution is 2.28. The summed E-state index contributed by atoms with van der Waals surface area (Å²) in [5.41, 5.74) is 2.08. The summed E-state index contributed by atoms with van der Waals surface area (Å²) in [4.78, 5) is 14.2. The Hall–Kier alpha value is -2.40. The van der Waals surface area contributed by atoms with Crippen LogP contribution < -0.4 is 14.8 Å². The molecule has 6 heteroatoms. The minimum Gasteiger partial charge on any atom is -0.493 e. The van der Waals surface area contributed by atoms with E-state index in [4.69, 9.17) is 21.1 Å². The molecule has 1 N–H and O–H groups in total. The van der Waals surface area contributed by atoms with Crippen molar-refractivity contribution < 1.29 is 14.3 Å². The molecule has 0 fully saturated rings. The second kappa shape index (κ2) is 9.92. The molecule has 0 aromatic heterocycles. The fourth-order valence-corrected chi connectivity index (χ4v) is 2.86. The molecule has 0 radical (unpaired) electrons. The Balaban J connectivity index is 1.91. The lowest BCUT2D eigenvalue weighted by atomic mass is 10.1. The van der Waals surface area contributed by atoms with Crippen molar-refractivity contribution in [1.29, 1.82) is 0 Å². The first-order valence-electron chi connectivity index (χ1n) is 8.55. The normalized spacial score (nSPS) is 10.3. The first-order valence-corrected chi connectivity index (χ1v) is 8.93. The number of carbonyl (C=O) groups excluding carboxylic acids is 1. The van der Waals surface area contributed by atoms with Gasteiger partial charge in [0.1, 0.15) is 0 Å². The molecular formula is C20H25ClN2O3. The lowest BCUT2D eigenvalue weighted by molar-refractivity contribution is 0.198. The molecule has 0 saturated heterocycles. The van der Waals surface area contributed by atoms with E-state index in [1.54, 1.807) is 19.1 Å². The second-order valence-corrected chi connectivity index (χ2v) is 6.25. The number of nitrogens with zero attached hydrogens (tertiary/aromatic N) is 1. The van der Waals surface area contributed by atoms with Crippen LogP contribution >= 0.6 is 11.6 Å². The van der Waals surface area contributed by atoms with Gasteiger partial charge in [-0.3, -0.25) is 0 Å². The standard InChI is InChI=1S/C20H25ClN2O3/c1-4-23(14-16-8-9-18(25-2)19(13-16)26-3)20(24)22-11-10-15-6-5-7-17(21)12-15/h5-9,12-13H,4,10-11,14H2,1-3H3,(H,22,24). The van der Waals surface area contributed by atoms with Crippen molar-refractivity contribution in [2.45, 2.75) is 19.9 Å². The number of urea groups is 1. The van der Waals surface area contributed by atoms with Gasteiger partial charge >= 0.3 is 6.03 Å². The SMILES string of the molecule is CCN(Cc1ccc(OC)c(OC)c1)C(=O)NCCc1cccc(Cl)c1. The van der Waals surface area contributed by atoms with Crippen molar-refractivity contribution >= 4 is 17.6 Å². The van der Waals surface area contributed by atoms with Crippen LogP contribution in [0.4, 0.5) is 4.79 Å². The molecule has 0 aliphatic carbocycles. The van der Waals surface area contributed by atoms with Gasteiger partial charge in [-0.2, -0.15) is 0 Å². The average molecular weight is 377 g/mol. The maximum Gasteiger partial charge on any atom is 0.317 e. The zero-order valence-electron chi connectivity index (χ0n) is 15.4. The number of ether oxygens (including phenoxy) is 2. The number of rotatable bonds is 8. The van der Waals surface area contributed by atoms with Crippen LogP contribution in [0.2, 0.25) is 5.02 Å². The molecule has 0 unspecified atom stereocenters. The number of halogens is 1. The van der Waals surface area contributed by atoms with Crippen molar-refractivity contribution in [3.8, 4) is 11.5 Å². The Kier molecular flexibility index (Phi) is 7.60. The van der Waals surface area contributed by atoms with E-state index in [1.807, 2.05) is 49.4 Å². The van der Waals surface area contributed by atoms with Gasteiger partial charge in [0.15, 0.2) is 11.5 Å². The number of carbonyl (C=O) groups is 1. The quantitative estimate of drug-likeness (QED) is 0.753. The first kappa shape index (κ1) is 19.9. The van der Waals surface area contributed by atoms with Gasteiger partial charge in [-0.05, 0) is 48.7 Å². The van der Waals surface area contributed by atoms with E-state index in [1.165, 1.54) is 0 Å². The molecule has 26 heavy (non-hydrogen) atoms. The number of methoxy groups -OCH3 is 2. The summed E-state index contributed by atoms with van der Waals surface area (Å²) in [5, 5.41) is 3.67. The minimum absolute atomic E-state index is 0.0932. The number of amides is 2. The van der Waals surface area contributed by atoms with Crippen LogP contribution in [0.3, 0.4) is 0 Å².